The normalized spacial score (nSPS) is 31.8. The standard InChI is InChI=1S/C24H24O11/c25-10-16-18(27)19(28)20(29)24(34-16)33-14-7-3-12(4-8-14)21-17(22(30)31)15(23(32)35-21)9-11-1-5-13(26)6-2-11/h1-9,16-21,24-29H,10H2,(H,30,31)/b15-9-/t16-,17-,18+,19+,20+,21+,24-/m0/s1. The molecule has 0 aliphatic carbocycles. The Morgan fingerprint density at radius 1 is 0.971 bits per heavy atom. The lowest BCUT2D eigenvalue weighted by molar-refractivity contribution is -0.277. The van der Waals surface area contributed by atoms with Crippen LogP contribution in [-0.2, 0) is 19.1 Å². The second kappa shape index (κ2) is 10.0. The van der Waals surface area contributed by atoms with Gasteiger partial charge in [0.25, 0.3) is 0 Å². The number of carboxylic acid groups (broad SMARTS) is 1. The van der Waals surface area contributed by atoms with Crippen molar-refractivity contribution in [3.05, 3.63) is 65.2 Å². The highest BCUT2D eigenvalue weighted by Gasteiger charge is 2.46. The molecule has 2 aliphatic rings. The Hall–Kier alpha value is -3.48. The Morgan fingerprint density at radius 3 is 2.23 bits per heavy atom. The highest BCUT2D eigenvalue weighted by Crippen LogP contribution is 2.40. The van der Waals surface area contributed by atoms with E-state index in [1.54, 1.807) is 0 Å². The minimum Gasteiger partial charge on any atom is -0.508 e. The van der Waals surface area contributed by atoms with E-state index in [-0.39, 0.29) is 17.1 Å². The average molecular weight is 488 g/mol. The van der Waals surface area contributed by atoms with E-state index in [9.17, 15) is 40.2 Å². The average Bonchev–Trinajstić information content (AvgIpc) is 3.17. The van der Waals surface area contributed by atoms with E-state index < -0.39 is 61.3 Å². The Balaban J connectivity index is 1.53. The molecule has 4 rings (SSSR count). The summed E-state index contributed by atoms with van der Waals surface area (Å²) in [5.74, 6) is -3.12. The zero-order valence-corrected chi connectivity index (χ0v) is 18.2. The molecule has 2 aliphatic heterocycles. The summed E-state index contributed by atoms with van der Waals surface area (Å²) in [5, 5.41) is 58.4. The van der Waals surface area contributed by atoms with Crippen LogP contribution in [0.4, 0.5) is 0 Å². The Labute approximate surface area is 199 Å². The van der Waals surface area contributed by atoms with Gasteiger partial charge in [0.2, 0.25) is 6.29 Å². The van der Waals surface area contributed by atoms with Crippen molar-refractivity contribution < 1.29 is 54.4 Å². The van der Waals surface area contributed by atoms with Crippen LogP contribution in [-0.4, -0.2) is 79.9 Å². The largest absolute Gasteiger partial charge is 0.508 e. The lowest BCUT2D eigenvalue weighted by Crippen LogP contribution is -2.60. The smallest absolute Gasteiger partial charge is 0.335 e. The molecule has 0 amide bonds. The van der Waals surface area contributed by atoms with Gasteiger partial charge < -0.3 is 44.8 Å². The molecule has 2 heterocycles. The highest BCUT2D eigenvalue weighted by atomic mass is 16.7. The molecule has 2 fully saturated rings. The first-order chi connectivity index (χ1) is 16.7. The van der Waals surface area contributed by atoms with E-state index in [0.717, 1.165) is 0 Å². The highest BCUT2D eigenvalue weighted by molar-refractivity contribution is 6.02. The molecule has 6 N–H and O–H groups in total. The van der Waals surface area contributed by atoms with Gasteiger partial charge in [-0.25, -0.2) is 4.79 Å². The van der Waals surface area contributed by atoms with Crippen molar-refractivity contribution in [1.29, 1.82) is 0 Å². The number of carboxylic acids is 1. The van der Waals surface area contributed by atoms with Crippen LogP contribution in [0.3, 0.4) is 0 Å². The van der Waals surface area contributed by atoms with Gasteiger partial charge in [-0.1, -0.05) is 24.3 Å². The maximum absolute atomic E-state index is 12.5. The summed E-state index contributed by atoms with van der Waals surface area (Å²) < 4.78 is 16.2. The second-order valence-corrected chi connectivity index (χ2v) is 8.22. The van der Waals surface area contributed by atoms with Crippen LogP contribution in [0.15, 0.2) is 54.1 Å². The van der Waals surface area contributed by atoms with Crippen molar-refractivity contribution in [3.63, 3.8) is 0 Å². The number of cyclic esters (lactones) is 1. The Bertz CT molecular complexity index is 1090. The molecule has 7 atom stereocenters. The van der Waals surface area contributed by atoms with E-state index in [2.05, 4.69) is 0 Å². The minimum atomic E-state index is -1.60. The topological polar surface area (TPSA) is 183 Å². The summed E-state index contributed by atoms with van der Waals surface area (Å²) in [4.78, 5) is 24.5. The van der Waals surface area contributed by atoms with Crippen LogP contribution in [0.2, 0.25) is 0 Å². The molecule has 0 saturated carbocycles. The third kappa shape index (κ3) is 4.99. The zero-order valence-electron chi connectivity index (χ0n) is 18.2. The van der Waals surface area contributed by atoms with Crippen LogP contribution in [0.5, 0.6) is 11.5 Å². The number of aliphatic hydroxyl groups excluding tert-OH is 4. The van der Waals surface area contributed by atoms with Crippen LogP contribution in [0.1, 0.15) is 17.2 Å². The predicted octanol–water partition coefficient (Wildman–Crippen LogP) is -0.0468. The maximum atomic E-state index is 12.5. The quantitative estimate of drug-likeness (QED) is 0.237. The number of carbonyl (C=O) groups excluding carboxylic acids is 1. The molecule has 11 nitrogen and oxygen atoms in total. The number of benzene rings is 2. The number of hydrogen-bond acceptors (Lipinski definition) is 10. The number of phenols is 1. The maximum Gasteiger partial charge on any atom is 0.335 e. The number of rotatable bonds is 6. The van der Waals surface area contributed by atoms with Crippen molar-refractivity contribution >= 4 is 18.0 Å². The van der Waals surface area contributed by atoms with E-state index in [1.807, 2.05) is 0 Å². The molecule has 35 heavy (non-hydrogen) atoms. The number of carbonyl (C=O) groups is 2. The fraction of sp³-hybridized carbons (Fsp3) is 0.333. The predicted molar refractivity (Wildman–Crippen MR) is 117 cm³/mol. The molecule has 2 saturated heterocycles. The van der Waals surface area contributed by atoms with Crippen molar-refractivity contribution in [2.45, 2.75) is 36.8 Å². The lowest BCUT2D eigenvalue weighted by atomic mass is 9.90. The van der Waals surface area contributed by atoms with Gasteiger partial charge in [0.15, 0.2) is 0 Å². The molecule has 2 aromatic carbocycles. The first-order valence-electron chi connectivity index (χ1n) is 10.7. The van der Waals surface area contributed by atoms with Gasteiger partial charge in [-0.2, -0.15) is 0 Å². The van der Waals surface area contributed by atoms with Gasteiger partial charge in [-0.3, -0.25) is 4.79 Å². The van der Waals surface area contributed by atoms with E-state index in [1.165, 1.54) is 54.6 Å². The van der Waals surface area contributed by atoms with Gasteiger partial charge in [-0.05, 0) is 41.5 Å². The molecule has 0 aromatic heterocycles. The van der Waals surface area contributed by atoms with Crippen molar-refractivity contribution in [2.75, 3.05) is 6.61 Å². The third-order valence-corrected chi connectivity index (χ3v) is 5.90. The molecule has 186 valence electrons. The number of aliphatic hydroxyl groups is 4. The van der Waals surface area contributed by atoms with E-state index in [0.29, 0.717) is 11.1 Å². The molecular formula is C24H24O11. The number of hydrogen-bond donors (Lipinski definition) is 6. The molecule has 0 radical (unpaired) electrons. The molecule has 0 spiro atoms. The van der Waals surface area contributed by atoms with Gasteiger partial charge in [0, 0.05) is 0 Å². The van der Waals surface area contributed by atoms with Gasteiger partial charge in [0.1, 0.15) is 47.9 Å². The number of aromatic hydroxyl groups is 1. The number of ether oxygens (including phenoxy) is 3. The summed E-state index contributed by atoms with van der Waals surface area (Å²) in [7, 11) is 0. The summed E-state index contributed by atoms with van der Waals surface area (Å²) in [5.41, 5.74) is 0.848. The Kier molecular flexibility index (Phi) is 7.05. The molecule has 2 aromatic rings. The first kappa shape index (κ1) is 24.6. The summed E-state index contributed by atoms with van der Waals surface area (Å²) in [6.07, 6.45) is -6.93. The van der Waals surface area contributed by atoms with Gasteiger partial charge >= 0.3 is 11.9 Å². The van der Waals surface area contributed by atoms with Crippen molar-refractivity contribution in [2.24, 2.45) is 5.92 Å². The third-order valence-electron chi connectivity index (χ3n) is 5.90. The van der Waals surface area contributed by atoms with Crippen LogP contribution >= 0.6 is 0 Å². The SMILES string of the molecule is O=C1O[C@H](c2ccc(O[C@H]3O[C@@H](CO)[C@@H](O)[C@@H](O)[C@H]3O)cc2)[C@@H](C(=O)O)/C1=C/c1ccc(O)cc1. The fourth-order valence-corrected chi connectivity index (χ4v) is 4.00. The second-order valence-electron chi connectivity index (χ2n) is 8.22. The van der Waals surface area contributed by atoms with Gasteiger partial charge in [-0.15, -0.1) is 0 Å². The number of aliphatic carboxylic acids is 1. The summed E-state index contributed by atoms with van der Waals surface area (Å²) >= 11 is 0. The van der Waals surface area contributed by atoms with Crippen molar-refractivity contribution in [1.82, 2.24) is 0 Å². The number of phenolic OH excluding ortho intramolecular Hbond substituents is 1. The molecule has 11 heteroatoms. The molecule has 0 unspecified atom stereocenters. The monoisotopic (exact) mass is 488 g/mol. The van der Waals surface area contributed by atoms with Crippen LogP contribution in [0, 0.1) is 5.92 Å². The number of esters is 1. The lowest BCUT2D eigenvalue weighted by Gasteiger charge is -2.39. The Morgan fingerprint density at radius 2 is 1.63 bits per heavy atom. The zero-order chi connectivity index (χ0) is 25.3. The van der Waals surface area contributed by atoms with E-state index >= 15 is 0 Å². The first-order valence-corrected chi connectivity index (χ1v) is 10.7. The van der Waals surface area contributed by atoms with Crippen molar-refractivity contribution in [3.8, 4) is 11.5 Å². The van der Waals surface area contributed by atoms with Crippen LogP contribution in [0.25, 0.3) is 6.08 Å². The van der Waals surface area contributed by atoms with E-state index in [4.69, 9.17) is 14.2 Å². The molecule has 0 bridgehead atoms. The van der Waals surface area contributed by atoms with Gasteiger partial charge in [0.05, 0.1) is 12.2 Å². The summed E-state index contributed by atoms with van der Waals surface area (Å²) in [6, 6.07) is 11.7. The summed E-state index contributed by atoms with van der Waals surface area (Å²) in [6.45, 7) is -0.604. The van der Waals surface area contributed by atoms with Crippen LogP contribution < -0.4 is 4.74 Å². The minimum absolute atomic E-state index is 0.0276. The molecular weight excluding hydrogens is 464 g/mol. The fourth-order valence-electron chi connectivity index (χ4n) is 4.00.